The number of rotatable bonds is 4. The van der Waals surface area contributed by atoms with Gasteiger partial charge in [0.05, 0.1) is 11.3 Å². The first-order valence-corrected chi connectivity index (χ1v) is 10.8. The van der Waals surface area contributed by atoms with Crippen LogP contribution >= 0.6 is 0 Å². The summed E-state index contributed by atoms with van der Waals surface area (Å²) in [5.41, 5.74) is 2.83. The molecule has 0 aliphatic carbocycles. The lowest BCUT2D eigenvalue weighted by molar-refractivity contribution is -0.120. The molecule has 0 N–H and O–H groups in total. The van der Waals surface area contributed by atoms with Gasteiger partial charge in [-0.25, -0.2) is 13.7 Å². The second-order valence-corrected chi connectivity index (χ2v) is 8.73. The van der Waals surface area contributed by atoms with Crippen molar-refractivity contribution in [2.75, 3.05) is 32.1 Å². The number of hydrogen-bond donors (Lipinski definition) is 0. The number of aryl methyl sites for hydroxylation is 2. The Morgan fingerprint density at radius 2 is 1.66 bits per heavy atom. The Hall–Kier alpha value is -3.06. The smallest absolute Gasteiger partial charge is 0.282 e. The maximum Gasteiger partial charge on any atom is 0.282 e. The van der Waals surface area contributed by atoms with Gasteiger partial charge in [-0.1, -0.05) is 23.8 Å². The van der Waals surface area contributed by atoms with Crippen LogP contribution in [0.4, 0.5) is 14.5 Å². The van der Waals surface area contributed by atoms with Crippen LogP contribution in [0.25, 0.3) is 5.57 Å². The molecule has 32 heavy (non-hydrogen) atoms. The summed E-state index contributed by atoms with van der Waals surface area (Å²) >= 11 is 0. The van der Waals surface area contributed by atoms with Crippen molar-refractivity contribution in [3.8, 4) is 0 Å². The van der Waals surface area contributed by atoms with E-state index in [2.05, 4.69) is 11.9 Å². The summed E-state index contributed by atoms with van der Waals surface area (Å²) < 4.78 is 28.1. The van der Waals surface area contributed by atoms with Gasteiger partial charge in [0.2, 0.25) is 0 Å². The first kappa shape index (κ1) is 22.1. The summed E-state index contributed by atoms with van der Waals surface area (Å²) in [6, 6.07) is 8.63. The first-order valence-electron chi connectivity index (χ1n) is 10.8. The molecule has 0 saturated carbocycles. The molecule has 0 atom stereocenters. The van der Waals surface area contributed by atoms with Gasteiger partial charge in [-0.3, -0.25) is 9.59 Å². The fourth-order valence-electron chi connectivity index (χ4n) is 4.63. The highest BCUT2D eigenvalue weighted by atomic mass is 19.1. The summed E-state index contributed by atoms with van der Waals surface area (Å²) in [6.45, 7) is 5.62. The van der Waals surface area contributed by atoms with Gasteiger partial charge in [-0.05, 0) is 70.1 Å². The number of likely N-dealkylation sites (N-methyl/N-ethyl adjacent to an activating group) is 1. The lowest BCUT2D eigenvalue weighted by Gasteiger charge is -2.36. The third-order valence-electron chi connectivity index (χ3n) is 6.45. The van der Waals surface area contributed by atoms with E-state index in [1.165, 1.54) is 0 Å². The van der Waals surface area contributed by atoms with E-state index in [0.29, 0.717) is 11.6 Å². The van der Waals surface area contributed by atoms with Gasteiger partial charge in [0, 0.05) is 19.2 Å². The van der Waals surface area contributed by atoms with Crippen LogP contribution < -0.4 is 4.90 Å². The number of piperidine rings is 1. The third kappa shape index (κ3) is 3.81. The highest BCUT2D eigenvalue weighted by molar-refractivity contribution is 6.45. The van der Waals surface area contributed by atoms with Crippen LogP contribution in [0.2, 0.25) is 0 Å². The van der Waals surface area contributed by atoms with E-state index < -0.39 is 23.4 Å². The Kier molecular flexibility index (Phi) is 5.86. The molecular weight excluding hydrogens is 412 g/mol. The van der Waals surface area contributed by atoms with E-state index in [0.717, 1.165) is 54.1 Å². The number of likely N-dealkylation sites (tertiary alicyclic amines) is 1. The first-order chi connectivity index (χ1) is 15.2. The second-order valence-electron chi connectivity index (χ2n) is 8.73. The fourth-order valence-corrected chi connectivity index (χ4v) is 4.63. The number of amides is 2. The molecule has 2 aliphatic heterocycles. The van der Waals surface area contributed by atoms with Crippen molar-refractivity contribution in [2.24, 2.45) is 0 Å². The molecule has 2 aliphatic rings. The standard InChI is InChI=1S/C25H27F2N3O2/c1-15-5-7-19(16(2)13-15)22-23(29(4)18-9-11-28(3)12-10-18)25(32)30(24(22)31)21-8-6-17(26)14-20(21)27/h5-8,13-14,18H,9-12H2,1-4H3. The molecule has 4 rings (SSSR count). The minimum Gasteiger partial charge on any atom is -0.366 e. The molecule has 2 amide bonds. The molecule has 0 aromatic heterocycles. The molecule has 0 spiro atoms. The predicted octanol–water partition coefficient (Wildman–Crippen LogP) is 3.89. The van der Waals surface area contributed by atoms with E-state index in [-0.39, 0.29) is 23.0 Å². The number of anilines is 1. The van der Waals surface area contributed by atoms with Gasteiger partial charge >= 0.3 is 0 Å². The molecule has 2 heterocycles. The lowest BCUT2D eigenvalue weighted by Crippen LogP contribution is -2.43. The van der Waals surface area contributed by atoms with Crippen LogP contribution in [0.3, 0.4) is 0 Å². The highest BCUT2D eigenvalue weighted by Crippen LogP contribution is 2.38. The fraction of sp³-hybridized carbons (Fsp3) is 0.360. The predicted molar refractivity (Wildman–Crippen MR) is 120 cm³/mol. The Balaban J connectivity index is 1.84. The SMILES string of the molecule is Cc1ccc(C2=C(N(C)C3CCN(C)CC3)C(=O)N(c3ccc(F)cc3F)C2=O)c(C)c1. The van der Waals surface area contributed by atoms with Crippen molar-refractivity contribution in [3.63, 3.8) is 0 Å². The second kappa shape index (κ2) is 8.47. The lowest BCUT2D eigenvalue weighted by atomic mass is 9.96. The number of nitrogens with zero attached hydrogens (tertiary/aromatic N) is 3. The highest BCUT2D eigenvalue weighted by Gasteiger charge is 2.44. The van der Waals surface area contributed by atoms with Crippen molar-refractivity contribution in [1.29, 1.82) is 0 Å². The molecule has 0 unspecified atom stereocenters. The topological polar surface area (TPSA) is 43.9 Å². The van der Waals surface area contributed by atoms with Crippen molar-refractivity contribution < 1.29 is 18.4 Å². The number of benzene rings is 2. The molecule has 0 bridgehead atoms. The monoisotopic (exact) mass is 439 g/mol. The Labute approximate surface area is 186 Å². The molecule has 0 radical (unpaired) electrons. The molecule has 2 aromatic carbocycles. The average Bonchev–Trinajstić information content (AvgIpc) is 2.98. The summed E-state index contributed by atoms with van der Waals surface area (Å²) in [5.74, 6) is -2.90. The van der Waals surface area contributed by atoms with Gasteiger partial charge in [-0.15, -0.1) is 0 Å². The maximum atomic E-state index is 14.6. The summed E-state index contributed by atoms with van der Waals surface area (Å²) in [4.78, 5) is 32.1. The Morgan fingerprint density at radius 1 is 0.969 bits per heavy atom. The van der Waals surface area contributed by atoms with Crippen LogP contribution in [0.1, 0.15) is 29.5 Å². The third-order valence-corrected chi connectivity index (χ3v) is 6.45. The number of carbonyl (C=O) groups excluding carboxylic acids is 2. The molecule has 1 fully saturated rings. The van der Waals surface area contributed by atoms with Gasteiger partial charge < -0.3 is 9.80 Å². The van der Waals surface area contributed by atoms with Crippen LogP contribution in [0, 0.1) is 25.5 Å². The van der Waals surface area contributed by atoms with Crippen LogP contribution in [-0.4, -0.2) is 54.8 Å². The maximum absolute atomic E-state index is 14.6. The molecule has 168 valence electrons. The minimum absolute atomic E-state index is 0.0803. The zero-order chi connectivity index (χ0) is 23.2. The van der Waals surface area contributed by atoms with E-state index in [1.807, 2.05) is 44.0 Å². The molecule has 7 heteroatoms. The Bertz CT molecular complexity index is 1120. The minimum atomic E-state index is -0.949. The number of carbonyl (C=O) groups is 2. The van der Waals surface area contributed by atoms with Gasteiger partial charge in [0.15, 0.2) is 0 Å². The summed E-state index contributed by atoms with van der Waals surface area (Å²) in [5, 5.41) is 0. The van der Waals surface area contributed by atoms with Crippen molar-refractivity contribution in [1.82, 2.24) is 9.80 Å². The van der Waals surface area contributed by atoms with Crippen molar-refractivity contribution >= 4 is 23.1 Å². The van der Waals surface area contributed by atoms with Crippen LogP contribution in [-0.2, 0) is 9.59 Å². The van der Waals surface area contributed by atoms with Crippen LogP contribution in [0.5, 0.6) is 0 Å². The quantitative estimate of drug-likeness (QED) is 0.678. The van der Waals surface area contributed by atoms with Crippen LogP contribution in [0.15, 0.2) is 42.1 Å². The molecule has 5 nitrogen and oxygen atoms in total. The van der Waals surface area contributed by atoms with E-state index >= 15 is 0 Å². The zero-order valence-electron chi connectivity index (χ0n) is 18.8. The number of imide groups is 1. The van der Waals surface area contributed by atoms with E-state index in [1.54, 1.807) is 0 Å². The number of hydrogen-bond acceptors (Lipinski definition) is 4. The molecule has 2 aromatic rings. The largest absolute Gasteiger partial charge is 0.366 e. The molecule has 1 saturated heterocycles. The zero-order valence-corrected chi connectivity index (χ0v) is 18.8. The summed E-state index contributed by atoms with van der Waals surface area (Å²) in [7, 11) is 3.88. The van der Waals surface area contributed by atoms with Gasteiger partial charge in [0.25, 0.3) is 11.8 Å². The Morgan fingerprint density at radius 3 is 2.28 bits per heavy atom. The van der Waals surface area contributed by atoms with Gasteiger partial charge in [-0.2, -0.15) is 0 Å². The van der Waals surface area contributed by atoms with Gasteiger partial charge in [0.1, 0.15) is 17.3 Å². The number of halogens is 2. The van der Waals surface area contributed by atoms with Crippen molar-refractivity contribution in [3.05, 3.63) is 70.4 Å². The normalized spacial score (nSPS) is 18.1. The average molecular weight is 440 g/mol. The van der Waals surface area contributed by atoms with E-state index in [4.69, 9.17) is 0 Å². The van der Waals surface area contributed by atoms with Crippen molar-refractivity contribution in [2.45, 2.75) is 32.7 Å². The molecular formula is C25H27F2N3O2. The summed E-state index contributed by atoms with van der Waals surface area (Å²) in [6.07, 6.45) is 1.70. The van der Waals surface area contributed by atoms with E-state index in [9.17, 15) is 18.4 Å².